The standard InChI is InChI=1S/C20H14N4O3/c25-19(24-22-10-12-5-7-13(8-6-12)20(26)27)17-9-15-14-3-1-2-4-16(14)23-18(15)11-21-17/h1-11,23H,(H,24,25)(H,26,27). The fraction of sp³-hybridized carbons (Fsp3) is 0. The van der Waals surface area contributed by atoms with Crippen LogP contribution in [0.1, 0.15) is 26.4 Å². The largest absolute Gasteiger partial charge is 0.478 e. The van der Waals surface area contributed by atoms with E-state index in [-0.39, 0.29) is 11.3 Å². The smallest absolute Gasteiger partial charge is 0.335 e. The molecule has 0 unspecified atom stereocenters. The number of hydrogen-bond donors (Lipinski definition) is 3. The minimum absolute atomic E-state index is 0.187. The average Bonchev–Trinajstić information content (AvgIpc) is 3.06. The fourth-order valence-corrected chi connectivity index (χ4v) is 2.81. The van der Waals surface area contributed by atoms with E-state index in [9.17, 15) is 9.59 Å². The van der Waals surface area contributed by atoms with Gasteiger partial charge in [-0.15, -0.1) is 0 Å². The van der Waals surface area contributed by atoms with Gasteiger partial charge in [-0.3, -0.25) is 4.79 Å². The molecule has 7 nitrogen and oxygen atoms in total. The maximum Gasteiger partial charge on any atom is 0.335 e. The Morgan fingerprint density at radius 1 is 1.04 bits per heavy atom. The summed E-state index contributed by atoms with van der Waals surface area (Å²) < 4.78 is 0. The number of amides is 1. The van der Waals surface area contributed by atoms with E-state index >= 15 is 0 Å². The zero-order valence-corrected chi connectivity index (χ0v) is 14.0. The van der Waals surface area contributed by atoms with Crippen molar-refractivity contribution in [2.24, 2.45) is 5.10 Å². The number of carboxylic acid groups (broad SMARTS) is 1. The van der Waals surface area contributed by atoms with Gasteiger partial charge in [0.05, 0.1) is 23.5 Å². The number of aromatic nitrogens is 2. The highest BCUT2D eigenvalue weighted by molar-refractivity contribution is 6.09. The summed E-state index contributed by atoms with van der Waals surface area (Å²) in [6.45, 7) is 0. The van der Waals surface area contributed by atoms with Crippen molar-refractivity contribution in [3.05, 3.63) is 77.6 Å². The molecule has 132 valence electrons. The van der Waals surface area contributed by atoms with E-state index in [0.717, 1.165) is 21.8 Å². The molecule has 0 bridgehead atoms. The molecule has 0 fully saturated rings. The minimum Gasteiger partial charge on any atom is -0.478 e. The SMILES string of the molecule is O=C(O)c1ccc(C=NNC(=O)c2cc3c(cn2)[nH]c2ccccc23)cc1. The molecular weight excluding hydrogens is 344 g/mol. The summed E-state index contributed by atoms with van der Waals surface area (Å²) in [5, 5.41) is 14.7. The van der Waals surface area contributed by atoms with Crippen LogP contribution in [0.5, 0.6) is 0 Å². The fourth-order valence-electron chi connectivity index (χ4n) is 2.81. The zero-order valence-electron chi connectivity index (χ0n) is 14.0. The summed E-state index contributed by atoms with van der Waals surface area (Å²) in [7, 11) is 0. The van der Waals surface area contributed by atoms with Crippen molar-refractivity contribution < 1.29 is 14.7 Å². The lowest BCUT2D eigenvalue weighted by atomic mass is 10.1. The monoisotopic (exact) mass is 358 g/mol. The number of para-hydroxylation sites is 1. The third kappa shape index (κ3) is 3.25. The predicted molar refractivity (Wildman–Crippen MR) is 102 cm³/mol. The number of hydrogen-bond acceptors (Lipinski definition) is 4. The van der Waals surface area contributed by atoms with Gasteiger partial charge in [-0.2, -0.15) is 5.10 Å². The lowest BCUT2D eigenvalue weighted by Crippen LogP contribution is -2.18. The van der Waals surface area contributed by atoms with E-state index in [4.69, 9.17) is 5.11 Å². The van der Waals surface area contributed by atoms with Crippen molar-refractivity contribution in [3.63, 3.8) is 0 Å². The minimum atomic E-state index is -0.995. The van der Waals surface area contributed by atoms with Crippen LogP contribution in [0.2, 0.25) is 0 Å². The predicted octanol–water partition coefficient (Wildman–Crippen LogP) is 3.18. The number of benzene rings is 2. The maximum atomic E-state index is 12.3. The second-order valence-electron chi connectivity index (χ2n) is 5.91. The van der Waals surface area contributed by atoms with Crippen LogP contribution in [-0.2, 0) is 0 Å². The lowest BCUT2D eigenvalue weighted by Gasteiger charge is -2.00. The third-order valence-electron chi connectivity index (χ3n) is 4.16. The number of carbonyl (C=O) groups is 2. The summed E-state index contributed by atoms with van der Waals surface area (Å²) in [5.41, 5.74) is 5.38. The Labute approximate surface area is 153 Å². The van der Waals surface area contributed by atoms with Crippen LogP contribution in [0.25, 0.3) is 21.8 Å². The molecule has 27 heavy (non-hydrogen) atoms. The molecular formula is C20H14N4O3. The molecule has 4 aromatic rings. The van der Waals surface area contributed by atoms with Gasteiger partial charge in [0.1, 0.15) is 5.69 Å². The Morgan fingerprint density at radius 3 is 2.59 bits per heavy atom. The van der Waals surface area contributed by atoms with Gasteiger partial charge in [-0.25, -0.2) is 15.2 Å². The third-order valence-corrected chi connectivity index (χ3v) is 4.16. The number of pyridine rings is 1. The topological polar surface area (TPSA) is 107 Å². The van der Waals surface area contributed by atoms with Gasteiger partial charge in [-0.05, 0) is 29.8 Å². The first-order valence-corrected chi connectivity index (χ1v) is 8.15. The van der Waals surface area contributed by atoms with Crippen molar-refractivity contribution in [2.45, 2.75) is 0 Å². The molecule has 7 heteroatoms. The van der Waals surface area contributed by atoms with E-state index in [0.29, 0.717) is 5.56 Å². The Balaban J connectivity index is 1.52. The van der Waals surface area contributed by atoms with Crippen LogP contribution in [-0.4, -0.2) is 33.2 Å². The van der Waals surface area contributed by atoms with Crippen molar-refractivity contribution >= 4 is 39.9 Å². The van der Waals surface area contributed by atoms with Gasteiger partial charge in [0.2, 0.25) is 0 Å². The molecule has 2 aromatic heterocycles. The number of aromatic amines is 1. The number of rotatable bonds is 4. The van der Waals surface area contributed by atoms with E-state index in [1.807, 2.05) is 24.3 Å². The first kappa shape index (κ1) is 16.5. The first-order chi connectivity index (χ1) is 13.1. The van der Waals surface area contributed by atoms with Crippen molar-refractivity contribution in [3.8, 4) is 0 Å². The molecule has 0 saturated carbocycles. The molecule has 2 aromatic carbocycles. The van der Waals surface area contributed by atoms with Gasteiger partial charge in [0.25, 0.3) is 5.91 Å². The van der Waals surface area contributed by atoms with Crippen LogP contribution in [0.15, 0.2) is 65.9 Å². The van der Waals surface area contributed by atoms with E-state index in [1.165, 1.54) is 18.3 Å². The second kappa shape index (κ2) is 6.72. The van der Waals surface area contributed by atoms with Gasteiger partial charge >= 0.3 is 5.97 Å². The van der Waals surface area contributed by atoms with Crippen molar-refractivity contribution in [2.75, 3.05) is 0 Å². The van der Waals surface area contributed by atoms with E-state index in [2.05, 4.69) is 20.5 Å². The molecule has 0 aliphatic carbocycles. The molecule has 0 spiro atoms. The highest BCUT2D eigenvalue weighted by atomic mass is 16.4. The Hall–Kier alpha value is -4.00. The average molecular weight is 358 g/mol. The van der Waals surface area contributed by atoms with Crippen molar-refractivity contribution in [1.29, 1.82) is 0 Å². The van der Waals surface area contributed by atoms with Crippen LogP contribution >= 0.6 is 0 Å². The Morgan fingerprint density at radius 2 is 1.81 bits per heavy atom. The maximum absolute atomic E-state index is 12.3. The van der Waals surface area contributed by atoms with Gasteiger partial charge in [-0.1, -0.05) is 30.3 Å². The second-order valence-corrected chi connectivity index (χ2v) is 5.91. The number of H-pyrrole nitrogens is 1. The number of nitrogens with zero attached hydrogens (tertiary/aromatic N) is 2. The number of nitrogens with one attached hydrogen (secondary N) is 2. The van der Waals surface area contributed by atoms with Crippen LogP contribution in [0.4, 0.5) is 0 Å². The number of hydrazone groups is 1. The molecule has 2 heterocycles. The summed E-state index contributed by atoms with van der Waals surface area (Å²) >= 11 is 0. The molecule has 3 N–H and O–H groups in total. The summed E-state index contributed by atoms with van der Waals surface area (Å²) in [6.07, 6.45) is 3.06. The number of aromatic carboxylic acids is 1. The Bertz CT molecular complexity index is 1190. The molecule has 1 amide bonds. The highest BCUT2D eigenvalue weighted by Crippen LogP contribution is 2.24. The Kier molecular flexibility index (Phi) is 4.10. The molecule has 0 radical (unpaired) electrons. The molecule has 0 saturated heterocycles. The normalized spacial score (nSPS) is 11.3. The molecule has 0 aliphatic rings. The quantitative estimate of drug-likeness (QED) is 0.385. The van der Waals surface area contributed by atoms with Crippen molar-refractivity contribution in [1.82, 2.24) is 15.4 Å². The van der Waals surface area contributed by atoms with Crippen LogP contribution in [0.3, 0.4) is 0 Å². The molecule has 0 aliphatic heterocycles. The van der Waals surface area contributed by atoms with E-state index < -0.39 is 11.9 Å². The van der Waals surface area contributed by atoms with Gasteiger partial charge < -0.3 is 10.1 Å². The van der Waals surface area contributed by atoms with Gasteiger partial charge in [0.15, 0.2) is 0 Å². The molecule has 4 rings (SSSR count). The highest BCUT2D eigenvalue weighted by Gasteiger charge is 2.10. The molecule has 0 atom stereocenters. The summed E-state index contributed by atoms with van der Waals surface area (Å²) in [5.74, 6) is -1.42. The lowest BCUT2D eigenvalue weighted by molar-refractivity contribution is 0.0696. The summed E-state index contributed by atoms with van der Waals surface area (Å²) in [6, 6.07) is 15.7. The van der Waals surface area contributed by atoms with Crippen LogP contribution in [0, 0.1) is 0 Å². The van der Waals surface area contributed by atoms with E-state index in [1.54, 1.807) is 24.4 Å². The zero-order chi connectivity index (χ0) is 18.8. The number of carbonyl (C=O) groups excluding carboxylic acids is 1. The first-order valence-electron chi connectivity index (χ1n) is 8.15. The number of fused-ring (bicyclic) bond motifs is 3. The number of carboxylic acids is 1. The van der Waals surface area contributed by atoms with Crippen LogP contribution < -0.4 is 5.43 Å². The van der Waals surface area contributed by atoms with Gasteiger partial charge in [0, 0.05) is 16.3 Å². The summed E-state index contributed by atoms with van der Waals surface area (Å²) in [4.78, 5) is 30.6.